The number of amides is 3. The molecule has 4 aliphatic rings. The third-order valence-electron chi connectivity index (χ3n) is 7.72. The van der Waals surface area contributed by atoms with E-state index in [0.717, 1.165) is 0 Å². The van der Waals surface area contributed by atoms with Crippen LogP contribution in [0.15, 0.2) is 24.4 Å². The van der Waals surface area contributed by atoms with Crippen LogP contribution < -0.4 is 20.9 Å². The standard InChI is InChI=1S/C26H29N7O6S/c1-39-7-6-28-21-10-22(29-14-16(21)13-27)32-25(36)33-19-11-26(12-19,20-3-2-18(15-34)30-23(20)33)24(35)31-17-4-8-40(37,38)9-5-17/h2-3,10,14-15,17,19H,4-9,11-12H2,1H3,(H,31,35)(H2,28,29,32,36). The molecule has 1 saturated heterocycles. The van der Waals surface area contributed by atoms with Gasteiger partial charge in [-0.2, -0.15) is 5.26 Å². The molecule has 0 unspecified atom stereocenters. The van der Waals surface area contributed by atoms with Gasteiger partial charge in [0, 0.05) is 43.6 Å². The van der Waals surface area contributed by atoms with Crippen LogP contribution in [0.25, 0.3) is 0 Å². The summed E-state index contributed by atoms with van der Waals surface area (Å²) in [5.74, 6) is 0.275. The molecule has 5 heterocycles. The first-order valence-corrected chi connectivity index (χ1v) is 14.7. The number of pyridine rings is 2. The Labute approximate surface area is 231 Å². The minimum absolute atomic E-state index is 0.0371. The van der Waals surface area contributed by atoms with Crippen LogP contribution >= 0.6 is 0 Å². The summed E-state index contributed by atoms with van der Waals surface area (Å²) in [5.41, 5.74) is 0.519. The molecule has 40 heavy (non-hydrogen) atoms. The molecule has 3 aliphatic heterocycles. The molecule has 2 bridgehead atoms. The first kappa shape index (κ1) is 27.5. The van der Waals surface area contributed by atoms with Crippen molar-refractivity contribution >= 4 is 45.4 Å². The van der Waals surface area contributed by atoms with Crippen molar-refractivity contribution in [2.24, 2.45) is 0 Å². The molecule has 3 N–H and O–H groups in total. The molecule has 6 rings (SSSR count). The van der Waals surface area contributed by atoms with Crippen LogP contribution in [0, 0.1) is 11.3 Å². The van der Waals surface area contributed by atoms with E-state index in [0.29, 0.717) is 61.9 Å². The molecule has 0 aromatic carbocycles. The van der Waals surface area contributed by atoms with Crippen molar-refractivity contribution in [3.8, 4) is 6.07 Å². The Balaban J connectivity index is 1.38. The number of aromatic nitrogens is 2. The van der Waals surface area contributed by atoms with Gasteiger partial charge in [0.25, 0.3) is 0 Å². The summed E-state index contributed by atoms with van der Waals surface area (Å²) in [6, 6.07) is 5.65. The van der Waals surface area contributed by atoms with Crippen molar-refractivity contribution in [1.29, 1.82) is 5.26 Å². The van der Waals surface area contributed by atoms with E-state index in [2.05, 4.69) is 32.0 Å². The van der Waals surface area contributed by atoms with Gasteiger partial charge < -0.3 is 15.4 Å². The lowest BCUT2D eigenvalue weighted by molar-refractivity contribution is -0.131. The Morgan fingerprint density at radius 1 is 1.27 bits per heavy atom. The van der Waals surface area contributed by atoms with Crippen molar-refractivity contribution < 1.29 is 27.5 Å². The first-order valence-electron chi connectivity index (χ1n) is 12.9. The Morgan fingerprint density at radius 3 is 2.70 bits per heavy atom. The van der Waals surface area contributed by atoms with Gasteiger partial charge in [-0.3, -0.25) is 19.8 Å². The second-order valence-corrected chi connectivity index (χ2v) is 12.5. The lowest BCUT2D eigenvalue weighted by Crippen LogP contribution is -2.67. The zero-order chi connectivity index (χ0) is 28.5. The van der Waals surface area contributed by atoms with Gasteiger partial charge in [0.2, 0.25) is 5.91 Å². The molecule has 0 atom stereocenters. The summed E-state index contributed by atoms with van der Waals surface area (Å²) in [4.78, 5) is 48.6. The fourth-order valence-electron chi connectivity index (χ4n) is 5.55. The van der Waals surface area contributed by atoms with E-state index < -0.39 is 21.3 Å². The average Bonchev–Trinajstić information content (AvgIpc) is 2.92. The molecule has 2 aromatic rings. The average molecular weight is 568 g/mol. The van der Waals surface area contributed by atoms with Gasteiger partial charge in [-0.25, -0.2) is 23.2 Å². The predicted molar refractivity (Wildman–Crippen MR) is 145 cm³/mol. The molecule has 2 fully saturated rings. The van der Waals surface area contributed by atoms with Crippen LogP contribution in [0.3, 0.4) is 0 Å². The predicted octanol–water partition coefficient (Wildman–Crippen LogP) is 1.36. The van der Waals surface area contributed by atoms with E-state index in [9.17, 15) is 28.1 Å². The summed E-state index contributed by atoms with van der Waals surface area (Å²) in [6.45, 7) is 0.865. The fraction of sp³-hybridized carbons (Fsp3) is 0.462. The number of nitriles is 1. The molecule has 1 saturated carbocycles. The lowest BCUT2D eigenvalue weighted by Gasteiger charge is -2.56. The second kappa shape index (κ2) is 10.8. The number of ether oxygens (including phenoxy) is 1. The minimum atomic E-state index is -3.07. The molecule has 3 amide bonds. The fourth-order valence-corrected chi connectivity index (χ4v) is 7.04. The summed E-state index contributed by atoms with van der Waals surface area (Å²) in [6.07, 6.45) is 3.36. The number of hydrogen-bond donors (Lipinski definition) is 3. The number of anilines is 3. The lowest BCUT2D eigenvalue weighted by atomic mass is 9.57. The molecular formula is C26H29N7O6S. The number of carbonyl (C=O) groups is 3. The SMILES string of the molecule is COCCNc1cc(NC(=O)N2c3nc(C=O)ccc3C3(C(=O)NC4CCS(=O)(=O)CC4)CC2C3)ncc1C#N. The van der Waals surface area contributed by atoms with Crippen LogP contribution in [0.5, 0.6) is 0 Å². The number of methoxy groups -OCH3 is 1. The number of nitrogens with zero attached hydrogens (tertiary/aromatic N) is 4. The monoisotopic (exact) mass is 567 g/mol. The van der Waals surface area contributed by atoms with Gasteiger partial charge in [-0.1, -0.05) is 6.07 Å². The molecule has 2 aromatic heterocycles. The normalized spacial score (nSPS) is 22.7. The highest BCUT2D eigenvalue weighted by Crippen LogP contribution is 2.55. The van der Waals surface area contributed by atoms with Gasteiger partial charge in [0.15, 0.2) is 6.29 Å². The van der Waals surface area contributed by atoms with E-state index in [1.165, 1.54) is 17.2 Å². The molecule has 14 heteroatoms. The van der Waals surface area contributed by atoms with E-state index in [1.54, 1.807) is 19.2 Å². The summed E-state index contributed by atoms with van der Waals surface area (Å²) < 4.78 is 28.6. The molecule has 0 spiro atoms. The summed E-state index contributed by atoms with van der Waals surface area (Å²) in [7, 11) is -1.51. The second-order valence-electron chi connectivity index (χ2n) is 10.2. The summed E-state index contributed by atoms with van der Waals surface area (Å²) >= 11 is 0. The molecule has 0 radical (unpaired) electrons. The van der Waals surface area contributed by atoms with E-state index >= 15 is 0 Å². The Bertz CT molecular complexity index is 1490. The maximum absolute atomic E-state index is 13.5. The zero-order valence-corrected chi connectivity index (χ0v) is 22.7. The zero-order valence-electron chi connectivity index (χ0n) is 21.8. The smallest absolute Gasteiger partial charge is 0.328 e. The van der Waals surface area contributed by atoms with Gasteiger partial charge in [0.1, 0.15) is 33.2 Å². The Morgan fingerprint density at radius 2 is 2.02 bits per heavy atom. The number of nitrogens with one attached hydrogen (secondary N) is 3. The highest BCUT2D eigenvalue weighted by molar-refractivity contribution is 7.91. The molecule has 13 nitrogen and oxygen atoms in total. The van der Waals surface area contributed by atoms with E-state index in [4.69, 9.17) is 4.74 Å². The minimum Gasteiger partial charge on any atom is -0.383 e. The van der Waals surface area contributed by atoms with Gasteiger partial charge >= 0.3 is 6.03 Å². The third-order valence-corrected chi connectivity index (χ3v) is 9.43. The number of aldehydes is 1. The van der Waals surface area contributed by atoms with E-state index in [1.807, 2.05) is 0 Å². The molecular weight excluding hydrogens is 538 g/mol. The Kier molecular flexibility index (Phi) is 7.43. The van der Waals surface area contributed by atoms with E-state index in [-0.39, 0.29) is 46.8 Å². The van der Waals surface area contributed by atoms with Gasteiger partial charge in [0.05, 0.1) is 34.8 Å². The van der Waals surface area contributed by atoms with Crippen LogP contribution in [-0.4, -0.2) is 80.5 Å². The number of urea groups is 1. The molecule has 1 aliphatic carbocycles. The number of sulfone groups is 1. The van der Waals surface area contributed by atoms with Gasteiger partial charge in [-0.05, 0) is 31.7 Å². The van der Waals surface area contributed by atoms with Crippen LogP contribution in [0.1, 0.15) is 47.3 Å². The van der Waals surface area contributed by atoms with Crippen molar-refractivity contribution in [2.75, 3.05) is 47.3 Å². The van der Waals surface area contributed by atoms with Crippen LogP contribution in [0.2, 0.25) is 0 Å². The van der Waals surface area contributed by atoms with Crippen molar-refractivity contribution in [2.45, 2.75) is 43.2 Å². The van der Waals surface area contributed by atoms with Crippen molar-refractivity contribution in [1.82, 2.24) is 15.3 Å². The maximum atomic E-state index is 13.5. The van der Waals surface area contributed by atoms with Crippen molar-refractivity contribution in [3.63, 3.8) is 0 Å². The molecule has 210 valence electrons. The van der Waals surface area contributed by atoms with Crippen molar-refractivity contribution in [3.05, 3.63) is 41.2 Å². The van der Waals surface area contributed by atoms with Crippen LogP contribution in [0.4, 0.5) is 22.1 Å². The highest BCUT2D eigenvalue weighted by Gasteiger charge is 2.60. The summed E-state index contributed by atoms with van der Waals surface area (Å²) in [5, 5.41) is 18.2. The first-order chi connectivity index (χ1) is 19.2. The number of carbonyl (C=O) groups excluding carboxylic acids is 3. The topological polar surface area (TPSA) is 183 Å². The largest absolute Gasteiger partial charge is 0.383 e. The highest BCUT2D eigenvalue weighted by atomic mass is 32.2. The van der Waals surface area contributed by atoms with Crippen LogP contribution in [-0.2, 0) is 24.8 Å². The number of rotatable bonds is 8. The number of hydrogen-bond acceptors (Lipinski definition) is 10. The van der Waals surface area contributed by atoms with Gasteiger partial charge in [-0.15, -0.1) is 0 Å². The quantitative estimate of drug-likeness (QED) is 0.311. The third kappa shape index (κ3) is 5.09. The maximum Gasteiger partial charge on any atom is 0.328 e. The Hall–Kier alpha value is -4.09.